The molecular weight excluding hydrogens is 336 g/mol. The van der Waals surface area contributed by atoms with Crippen LogP contribution in [0.25, 0.3) is 0 Å². The third kappa shape index (κ3) is 4.25. The fourth-order valence-corrected chi connectivity index (χ4v) is 2.99. The molecule has 0 aliphatic carbocycles. The van der Waals surface area contributed by atoms with E-state index in [0.29, 0.717) is 13.2 Å². The smallest absolute Gasteiger partial charge is 0.122 e. The first-order chi connectivity index (χ1) is 13.0. The van der Waals surface area contributed by atoms with Gasteiger partial charge in [-0.1, -0.05) is 36.4 Å². The highest BCUT2D eigenvalue weighted by atomic mass is 16.5. The Kier molecular flexibility index (Phi) is 5.70. The maximum Gasteiger partial charge on any atom is 0.122 e. The van der Waals surface area contributed by atoms with Crippen LogP contribution < -0.4 is 9.47 Å². The first-order valence-corrected chi connectivity index (χ1v) is 9.15. The molecule has 0 saturated heterocycles. The van der Waals surface area contributed by atoms with Crippen LogP contribution in [0.3, 0.4) is 0 Å². The monoisotopic (exact) mass is 362 g/mol. The van der Waals surface area contributed by atoms with Crippen molar-refractivity contribution in [2.75, 3.05) is 0 Å². The van der Waals surface area contributed by atoms with Gasteiger partial charge < -0.3 is 14.6 Å². The molecule has 0 aliphatic rings. The van der Waals surface area contributed by atoms with Gasteiger partial charge in [0.25, 0.3) is 0 Å². The van der Waals surface area contributed by atoms with Crippen molar-refractivity contribution in [1.29, 1.82) is 0 Å². The van der Waals surface area contributed by atoms with Crippen LogP contribution in [0.4, 0.5) is 0 Å². The first kappa shape index (κ1) is 18.8. The number of phenolic OH excluding ortho intramolecular Hbond substituents is 1. The van der Waals surface area contributed by atoms with Gasteiger partial charge in [0, 0.05) is 5.56 Å². The Morgan fingerprint density at radius 3 is 1.78 bits per heavy atom. The van der Waals surface area contributed by atoms with Crippen LogP contribution in [-0.2, 0) is 13.2 Å². The van der Waals surface area contributed by atoms with Crippen LogP contribution in [0, 0.1) is 27.7 Å². The lowest BCUT2D eigenvalue weighted by Crippen LogP contribution is -2.05. The molecule has 0 heterocycles. The third-order valence-electron chi connectivity index (χ3n) is 5.11. The van der Waals surface area contributed by atoms with E-state index in [2.05, 4.69) is 32.9 Å². The summed E-state index contributed by atoms with van der Waals surface area (Å²) in [4.78, 5) is 0. The van der Waals surface area contributed by atoms with Crippen molar-refractivity contribution in [3.63, 3.8) is 0 Å². The molecule has 3 aromatic carbocycles. The molecule has 3 heteroatoms. The van der Waals surface area contributed by atoms with Gasteiger partial charge >= 0.3 is 0 Å². The number of benzene rings is 3. The van der Waals surface area contributed by atoms with Crippen LogP contribution in [-0.4, -0.2) is 5.11 Å². The quantitative estimate of drug-likeness (QED) is 0.604. The van der Waals surface area contributed by atoms with Gasteiger partial charge in [0.05, 0.1) is 0 Å². The van der Waals surface area contributed by atoms with E-state index in [4.69, 9.17) is 9.47 Å². The van der Waals surface area contributed by atoms with Crippen LogP contribution >= 0.6 is 0 Å². The molecule has 0 atom stereocenters. The fraction of sp³-hybridized carbons (Fsp3) is 0.250. The van der Waals surface area contributed by atoms with Crippen molar-refractivity contribution < 1.29 is 14.6 Å². The Morgan fingerprint density at radius 1 is 0.667 bits per heavy atom. The van der Waals surface area contributed by atoms with Crippen LogP contribution in [0.15, 0.2) is 54.6 Å². The average molecular weight is 362 g/mol. The van der Waals surface area contributed by atoms with E-state index in [9.17, 15) is 5.11 Å². The van der Waals surface area contributed by atoms with E-state index >= 15 is 0 Å². The lowest BCUT2D eigenvalue weighted by atomic mass is 10.1. The van der Waals surface area contributed by atoms with Crippen molar-refractivity contribution in [2.24, 2.45) is 0 Å². The van der Waals surface area contributed by atoms with E-state index in [1.54, 1.807) is 6.07 Å². The molecule has 0 spiro atoms. The van der Waals surface area contributed by atoms with Gasteiger partial charge in [0.2, 0.25) is 0 Å². The molecule has 27 heavy (non-hydrogen) atoms. The summed E-state index contributed by atoms with van der Waals surface area (Å²) in [6, 6.07) is 17.5. The van der Waals surface area contributed by atoms with Gasteiger partial charge in [0.15, 0.2) is 0 Å². The number of phenols is 1. The molecule has 1 N–H and O–H groups in total. The summed E-state index contributed by atoms with van der Waals surface area (Å²) in [5.74, 6) is 1.92. The minimum atomic E-state index is 0.224. The largest absolute Gasteiger partial charge is 0.508 e. The molecule has 0 bridgehead atoms. The lowest BCUT2D eigenvalue weighted by molar-refractivity contribution is 0.278. The summed E-state index contributed by atoms with van der Waals surface area (Å²) in [6.45, 7) is 8.90. The van der Waals surface area contributed by atoms with E-state index in [-0.39, 0.29) is 5.75 Å². The maximum absolute atomic E-state index is 10.4. The molecule has 0 aromatic heterocycles. The second-order valence-corrected chi connectivity index (χ2v) is 6.89. The minimum Gasteiger partial charge on any atom is -0.508 e. The molecule has 0 unspecified atom stereocenters. The zero-order chi connectivity index (χ0) is 19.4. The highest BCUT2D eigenvalue weighted by Gasteiger charge is 2.12. The molecule has 3 nitrogen and oxygen atoms in total. The van der Waals surface area contributed by atoms with Crippen LogP contribution in [0.2, 0.25) is 0 Å². The van der Waals surface area contributed by atoms with E-state index < -0.39 is 0 Å². The Labute approximate surface area is 161 Å². The highest BCUT2D eigenvalue weighted by Crippen LogP contribution is 2.28. The van der Waals surface area contributed by atoms with Gasteiger partial charge in [-0.15, -0.1) is 0 Å². The number of ether oxygens (including phenoxy) is 2. The molecule has 140 valence electrons. The molecule has 0 aliphatic heterocycles. The maximum atomic E-state index is 10.4. The van der Waals surface area contributed by atoms with Gasteiger partial charge in [-0.05, 0) is 73.7 Å². The zero-order valence-corrected chi connectivity index (χ0v) is 16.4. The van der Waals surface area contributed by atoms with Crippen LogP contribution in [0.5, 0.6) is 17.2 Å². The predicted molar refractivity (Wildman–Crippen MR) is 109 cm³/mol. The van der Waals surface area contributed by atoms with Crippen molar-refractivity contribution in [1.82, 2.24) is 0 Å². The standard InChI is InChI=1S/C24H26O3/c1-16-8-5-12-23(18(16)3)26-14-20-10-7-11-22(25)21(20)15-27-24-13-6-9-17(2)19(24)4/h5-13,25H,14-15H2,1-4H3. The van der Waals surface area contributed by atoms with Crippen molar-refractivity contribution in [3.8, 4) is 17.2 Å². The summed E-state index contributed by atoms with van der Waals surface area (Å²) in [6.07, 6.45) is 0. The Morgan fingerprint density at radius 2 is 1.19 bits per heavy atom. The molecular formula is C24H26O3. The lowest BCUT2D eigenvalue weighted by Gasteiger charge is -2.16. The Balaban J connectivity index is 1.78. The third-order valence-corrected chi connectivity index (χ3v) is 5.11. The van der Waals surface area contributed by atoms with Crippen molar-refractivity contribution >= 4 is 0 Å². The Hall–Kier alpha value is -2.94. The fourth-order valence-electron chi connectivity index (χ4n) is 2.99. The number of aryl methyl sites for hydroxylation is 2. The Bertz CT molecular complexity index is 944. The highest BCUT2D eigenvalue weighted by molar-refractivity contribution is 5.42. The zero-order valence-electron chi connectivity index (χ0n) is 16.4. The second-order valence-electron chi connectivity index (χ2n) is 6.89. The number of hydrogen-bond donors (Lipinski definition) is 1. The first-order valence-electron chi connectivity index (χ1n) is 9.15. The van der Waals surface area contributed by atoms with E-state index in [0.717, 1.165) is 33.8 Å². The summed E-state index contributed by atoms with van der Waals surface area (Å²) in [5, 5.41) is 10.4. The number of aromatic hydroxyl groups is 1. The molecule has 0 fully saturated rings. The van der Waals surface area contributed by atoms with Gasteiger partial charge in [0.1, 0.15) is 30.5 Å². The predicted octanol–water partition coefficient (Wildman–Crippen LogP) is 5.78. The molecule has 0 amide bonds. The SMILES string of the molecule is Cc1cccc(OCc2cccc(O)c2COc2cccc(C)c2C)c1C. The normalized spacial score (nSPS) is 10.7. The minimum absolute atomic E-state index is 0.224. The van der Waals surface area contributed by atoms with Gasteiger partial charge in [-0.3, -0.25) is 0 Å². The summed E-state index contributed by atoms with van der Waals surface area (Å²) >= 11 is 0. The second kappa shape index (κ2) is 8.17. The number of hydrogen-bond acceptors (Lipinski definition) is 3. The summed E-state index contributed by atoms with van der Waals surface area (Å²) in [5.41, 5.74) is 6.29. The van der Waals surface area contributed by atoms with Crippen LogP contribution in [0.1, 0.15) is 33.4 Å². The van der Waals surface area contributed by atoms with Crippen molar-refractivity contribution in [3.05, 3.63) is 88.0 Å². The van der Waals surface area contributed by atoms with E-state index in [1.807, 2.05) is 43.3 Å². The topological polar surface area (TPSA) is 38.7 Å². The van der Waals surface area contributed by atoms with Gasteiger partial charge in [-0.2, -0.15) is 0 Å². The molecule has 0 saturated carbocycles. The average Bonchev–Trinajstić information content (AvgIpc) is 2.65. The summed E-state index contributed by atoms with van der Waals surface area (Å²) in [7, 11) is 0. The molecule has 3 rings (SSSR count). The number of rotatable bonds is 6. The van der Waals surface area contributed by atoms with Crippen molar-refractivity contribution in [2.45, 2.75) is 40.9 Å². The van der Waals surface area contributed by atoms with Gasteiger partial charge in [-0.25, -0.2) is 0 Å². The molecule has 0 radical (unpaired) electrons. The summed E-state index contributed by atoms with van der Waals surface area (Å²) < 4.78 is 12.0. The van der Waals surface area contributed by atoms with E-state index in [1.165, 1.54) is 11.1 Å². The molecule has 3 aromatic rings.